The number of thioether (sulfide) groups is 1. The molecule has 0 atom stereocenters. The maximum Gasteiger partial charge on any atom is 0.270 e. The molecule has 1 saturated heterocycles. The van der Waals surface area contributed by atoms with Crippen LogP contribution in [0.5, 0.6) is 23.0 Å². The highest BCUT2D eigenvalue weighted by atomic mass is 32.2. The van der Waals surface area contributed by atoms with Gasteiger partial charge in [0.25, 0.3) is 5.91 Å². The third kappa shape index (κ3) is 6.64. The summed E-state index contributed by atoms with van der Waals surface area (Å²) in [5.74, 6) is 2.06. The predicted molar refractivity (Wildman–Crippen MR) is 169 cm³/mol. The zero-order valence-corrected chi connectivity index (χ0v) is 24.6. The molecular weight excluding hydrogens is 570 g/mol. The van der Waals surface area contributed by atoms with Crippen molar-refractivity contribution in [2.75, 3.05) is 19.1 Å². The van der Waals surface area contributed by atoms with E-state index in [4.69, 9.17) is 31.2 Å². The van der Waals surface area contributed by atoms with Gasteiger partial charge in [-0.05, 0) is 65.2 Å². The average Bonchev–Trinajstić information content (AvgIpc) is 3.31. The number of benzene rings is 4. The SMILES string of the molecule is COc1cc(C=O)ccc1OCc1ccc(COc2ccc(C=C3SC(=S)N(c4ccccc4)C3=O)cc2OC)cc1. The summed E-state index contributed by atoms with van der Waals surface area (Å²) in [7, 11) is 3.12. The second-order valence-electron chi connectivity index (χ2n) is 9.18. The lowest BCUT2D eigenvalue weighted by Crippen LogP contribution is -2.27. The van der Waals surface area contributed by atoms with Crippen molar-refractivity contribution in [3.63, 3.8) is 0 Å². The number of ether oxygens (including phenoxy) is 4. The van der Waals surface area contributed by atoms with Crippen LogP contribution in [0, 0.1) is 0 Å². The number of para-hydroxylation sites is 1. The Balaban J connectivity index is 1.20. The largest absolute Gasteiger partial charge is 0.493 e. The van der Waals surface area contributed by atoms with Gasteiger partial charge in [0.15, 0.2) is 27.3 Å². The minimum absolute atomic E-state index is 0.153. The van der Waals surface area contributed by atoms with E-state index in [0.29, 0.717) is 51.0 Å². The summed E-state index contributed by atoms with van der Waals surface area (Å²) in [6.45, 7) is 0.685. The molecule has 0 spiro atoms. The van der Waals surface area contributed by atoms with E-state index < -0.39 is 0 Å². The van der Waals surface area contributed by atoms with Gasteiger partial charge in [0.1, 0.15) is 19.5 Å². The summed E-state index contributed by atoms with van der Waals surface area (Å²) in [6.07, 6.45) is 2.57. The van der Waals surface area contributed by atoms with E-state index in [-0.39, 0.29) is 5.91 Å². The first-order valence-electron chi connectivity index (χ1n) is 13.0. The Hall–Kier alpha value is -4.60. The minimum atomic E-state index is -0.153. The normalized spacial score (nSPS) is 13.8. The van der Waals surface area contributed by atoms with E-state index in [1.165, 1.54) is 18.9 Å². The van der Waals surface area contributed by atoms with Gasteiger partial charge in [-0.15, -0.1) is 0 Å². The third-order valence-electron chi connectivity index (χ3n) is 6.43. The van der Waals surface area contributed by atoms with Gasteiger partial charge in [-0.2, -0.15) is 0 Å². The molecule has 1 aliphatic heterocycles. The quantitative estimate of drug-likeness (QED) is 0.103. The van der Waals surface area contributed by atoms with Crippen molar-refractivity contribution in [1.29, 1.82) is 0 Å². The lowest BCUT2D eigenvalue weighted by molar-refractivity contribution is -0.113. The van der Waals surface area contributed by atoms with Crippen LogP contribution in [-0.4, -0.2) is 30.7 Å². The highest BCUT2D eigenvalue weighted by molar-refractivity contribution is 8.27. The molecular formula is C33H27NO6S2. The summed E-state index contributed by atoms with van der Waals surface area (Å²) in [5.41, 5.74) is 4.02. The summed E-state index contributed by atoms with van der Waals surface area (Å²) in [6, 6.07) is 27.8. The van der Waals surface area contributed by atoms with Crippen LogP contribution >= 0.6 is 24.0 Å². The van der Waals surface area contributed by atoms with Crippen LogP contribution in [-0.2, 0) is 18.0 Å². The van der Waals surface area contributed by atoms with Crippen molar-refractivity contribution < 1.29 is 28.5 Å². The van der Waals surface area contributed by atoms with Gasteiger partial charge in [-0.1, -0.05) is 72.5 Å². The lowest BCUT2D eigenvalue weighted by Gasteiger charge is -2.14. The summed E-state index contributed by atoms with van der Waals surface area (Å²) in [4.78, 5) is 26.1. The van der Waals surface area contributed by atoms with Crippen LogP contribution in [0.4, 0.5) is 5.69 Å². The molecule has 0 saturated carbocycles. The molecule has 1 heterocycles. The summed E-state index contributed by atoms with van der Waals surface area (Å²) >= 11 is 6.74. The average molecular weight is 598 g/mol. The van der Waals surface area contributed by atoms with E-state index in [9.17, 15) is 9.59 Å². The van der Waals surface area contributed by atoms with Crippen LogP contribution in [0.25, 0.3) is 6.08 Å². The molecule has 7 nitrogen and oxygen atoms in total. The highest BCUT2D eigenvalue weighted by Crippen LogP contribution is 2.37. The number of carbonyl (C=O) groups excluding carboxylic acids is 2. The molecule has 0 radical (unpaired) electrons. The number of methoxy groups -OCH3 is 2. The van der Waals surface area contributed by atoms with Gasteiger partial charge in [0.2, 0.25) is 0 Å². The summed E-state index contributed by atoms with van der Waals surface area (Å²) in [5, 5.41) is 0. The third-order valence-corrected chi connectivity index (χ3v) is 7.73. The highest BCUT2D eigenvalue weighted by Gasteiger charge is 2.33. The van der Waals surface area contributed by atoms with Crippen molar-refractivity contribution in [3.05, 3.63) is 118 Å². The zero-order valence-electron chi connectivity index (χ0n) is 22.9. The van der Waals surface area contributed by atoms with E-state index in [0.717, 1.165) is 28.7 Å². The Morgan fingerprint density at radius 3 is 1.83 bits per heavy atom. The number of aldehydes is 1. The van der Waals surface area contributed by atoms with Crippen molar-refractivity contribution in [1.82, 2.24) is 0 Å². The number of carbonyl (C=O) groups is 2. The van der Waals surface area contributed by atoms with Crippen LogP contribution in [0.2, 0.25) is 0 Å². The molecule has 1 aliphatic rings. The molecule has 1 fully saturated rings. The molecule has 4 aromatic carbocycles. The maximum absolute atomic E-state index is 13.1. The van der Waals surface area contributed by atoms with Gasteiger partial charge in [0.05, 0.1) is 24.8 Å². The van der Waals surface area contributed by atoms with E-state index >= 15 is 0 Å². The second-order valence-corrected chi connectivity index (χ2v) is 10.9. The number of hydrogen-bond acceptors (Lipinski definition) is 8. The number of amides is 1. The Labute approximate surface area is 253 Å². The van der Waals surface area contributed by atoms with Crippen LogP contribution in [0.3, 0.4) is 0 Å². The maximum atomic E-state index is 13.1. The summed E-state index contributed by atoms with van der Waals surface area (Å²) < 4.78 is 23.3. The smallest absolute Gasteiger partial charge is 0.270 e. The predicted octanol–water partition coefficient (Wildman–Crippen LogP) is 7.08. The fourth-order valence-electron chi connectivity index (χ4n) is 4.24. The molecule has 5 rings (SSSR count). The van der Waals surface area contributed by atoms with Gasteiger partial charge in [0, 0.05) is 5.56 Å². The first-order valence-corrected chi connectivity index (χ1v) is 14.2. The Morgan fingerprint density at radius 1 is 0.738 bits per heavy atom. The van der Waals surface area contributed by atoms with Gasteiger partial charge in [-0.3, -0.25) is 14.5 Å². The van der Waals surface area contributed by atoms with Crippen molar-refractivity contribution in [2.45, 2.75) is 13.2 Å². The molecule has 4 aromatic rings. The number of rotatable bonds is 11. The molecule has 42 heavy (non-hydrogen) atoms. The van der Waals surface area contributed by atoms with Crippen molar-refractivity contribution >= 4 is 52.3 Å². The van der Waals surface area contributed by atoms with Gasteiger partial charge in [-0.25, -0.2) is 0 Å². The number of hydrogen-bond donors (Lipinski definition) is 0. The van der Waals surface area contributed by atoms with Crippen molar-refractivity contribution in [3.8, 4) is 23.0 Å². The van der Waals surface area contributed by atoms with Gasteiger partial charge >= 0.3 is 0 Å². The first-order chi connectivity index (χ1) is 20.5. The monoisotopic (exact) mass is 597 g/mol. The van der Waals surface area contributed by atoms with Crippen molar-refractivity contribution in [2.24, 2.45) is 0 Å². The number of nitrogens with zero attached hydrogens (tertiary/aromatic N) is 1. The molecule has 0 N–H and O–H groups in total. The van der Waals surface area contributed by atoms with Crippen LogP contribution < -0.4 is 23.8 Å². The molecule has 0 aromatic heterocycles. The standard InChI is InChI=1S/C33H27NO6S2/c1-37-29-16-24(18-31-32(36)34(33(41)42-31)26-6-4-3-5-7-26)12-14-27(29)39-20-22-8-10-23(11-9-22)21-40-28-15-13-25(19-35)17-30(28)38-2/h3-19H,20-21H2,1-2H3. The topological polar surface area (TPSA) is 74.3 Å². The Bertz CT molecular complexity index is 1640. The van der Waals surface area contributed by atoms with Crippen LogP contribution in [0.15, 0.2) is 95.9 Å². The minimum Gasteiger partial charge on any atom is -0.493 e. The molecule has 0 unspecified atom stereocenters. The fourth-order valence-corrected chi connectivity index (χ4v) is 5.54. The van der Waals surface area contributed by atoms with E-state index in [1.807, 2.05) is 78.9 Å². The fraction of sp³-hybridized carbons (Fsp3) is 0.121. The van der Waals surface area contributed by atoms with Crippen LogP contribution in [0.1, 0.15) is 27.0 Å². The molecule has 0 aliphatic carbocycles. The first kappa shape index (κ1) is 28.9. The zero-order chi connectivity index (χ0) is 29.5. The Morgan fingerprint density at radius 2 is 1.29 bits per heavy atom. The van der Waals surface area contributed by atoms with E-state index in [2.05, 4.69) is 0 Å². The molecule has 9 heteroatoms. The molecule has 1 amide bonds. The lowest BCUT2D eigenvalue weighted by atomic mass is 10.1. The Kier molecular flexibility index (Phi) is 9.21. The molecule has 0 bridgehead atoms. The van der Waals surface area contributed by atoms with E-state index in [1.54, 1.807) is 30.2 Å². The van der Waals surface area contributed by atoms with Gasteiger partial charge < -0.3 is 18.9 Å². The number of thiocarbonyl (C=S) groups is 1. The second kappa shape index (κ2) is 13.4. The number of anilines is 1. The molecule has 212 valence electrons.